The fraction of sp³-hybridized carbons (Fsp3) is 0.0741. The zero-order chi connectivity index (χ0) is 29.7. The van der Waals surface area contributed by atoms with E-state index in [-0.39, 0.29) is 45.7 Å². The minimum atomic E-state index is -4.73. The zero-order valence-corrected chi connectivity index (χ0v) is 21.7. The Morgan fingerprint density at radius 3 is 2.34 bits per heavy atom. The number of urea groups is 1. The SMILES string of the molecule is CNC(=O)c1cc(Oc2ccc(NC(=O)Nc3ccc(Cl)c(C(F)(F)F)c3)c(Nc3ccc(O)cc3F)c2)ccn1. The zero-order valence-electron chi connectivity index (χ0n) is 20.9. The van der Waals surface area contributed by atoms with Gasteiger partial charge in [-0.1, -0.05) is 11.6 Å². The molecule has 0 spiro atoms. The van der Waals surface area contributed by atoms with Crippen LogP contribution in [-0.2, 0) is 6.18 Å². The molecule has 4 aromatic rings. The number of aromatic nitrogens is 1. The maximum Gasteiger partial charge on any atom is 0.417 e. The van der Waals surface area contributed by atoms with Crippen molar-refractivity contribution in [3.63, 3.8) is 0 Å². The van der Waals surface area contributed by atoms with Gasteiger partial charge in [-0.05, 0) is 48.5 Å². The molecule has 41 heavy (non-hydrogen) atoms. The fourth-order valence-electron chi connectivity index (χ4n) is 3.52. The van der Waals surface area contributed by atoms with Crippen LogP contribution >= 0.6 is 11.6 Å². The van der Waals surface area contributed by atoms with Crippen molar-refractivity contribution in [2.24, 2.45) is 0 Å². The van der Waals surface area contributed by atoms with Gasteiger partial charge in [0.15, 0.2) is 0 Å². The summed E-state index contributed by atoms with van der Waals surface area (Å²) in [4.78, 5) is 28.6. The highest BCUT2D eigenvalue weighted by Gasteiger charge is 2.33. The van der Waals surface area contributed by atoms with Crippen molar-refractivity contribution in [1.82, 2.24) is 10.3 Å². The average Bonchev–Trinajstić information content (AvgIpc) is 2.91. The third-order valence-corrected chi connectivity index (χ3v) is 5.75. The number of rotatable bonds is 7. The minimum Gasteiger partial charge on any atom is -0.508 e. The molecule has 0 aliphatic heterocycles. The average molecular weight is 590 g/mol. The number of phenolic OH excluding ortho intramolecular Hbond substituents is 1. The molecule has 1 aromatic heterocycles. The van der Waals surface area contributed by atoms with E-state index in [4.69, 9.17) is 16.3 Å². The molecule has 0 saturated carbocycles. The molecule has 9 nitrogen and oxygen atoms in total. The van der Waals surface area contributed by atoms with Crippen LogP contribution in [-0.4, -0.2) is 29.1 Å². The molecule has 0 aliphatic carbocycles. The monoisotopic (exact) mass is 589 g/mol. The van der Waals surface area contributed by atoms with Crippen molar-refractivity contribution in [2.75, 3.05) is 23.0 Å². The third-order valence-electron chi connectivity index (χ3n) is 5.42. The van der Waals surface area contributed by atoms with Gasteiger partial charge in [-0.15, -0.1) is 0 Å². The molecule has 212 valence electrons. The van der Waals surface area contributed by atoms with E-state index in [2.05, 4.69) is 26.3 Å². The van der Waals surface area contributed by atoms with Gasteiger partial charge in [-0.3, -0.25) is 9.78 Å². The van der Waals surface area contributed by atoms with Gasteiger partial charge < -0.3 is 31.1 Å². The molecule has 0 bridgehead atoms. The van der Waals surface area contributed by atoms with Gasteiger partial charge in [0.2, 0.25) is 0 Å². The van der Waals surface area contributed by atoms with E-state index in [0.29, 0.717) is 6.07 Å². The molecule has 0 saturated heterocycles. The highest BCUT2D eigenvalue weighted by Crippen LogP contribution is 2.37. The van der Waals surface area contributed by atoms with Crippen LogP contribution in [0.15, 0.2) is 72.9 Å². The lowest BCUT2D eigenvalue weighted by Crippen LogP contribution is -2.20. The van der Waals surface area contributed by atoms with Gasteiger partial charge in [-0.2, -0.15) is 13.2 Å². The van der Waals surface area contributed by atoms with E-state index in [0.717, 1.165) is 12.1 Å². The number of halogens is 5. The molecule has 0 atom stereocenters. The van der Waals surface area contributed by atoms with Crippen LogP contribution in [0, 0.1) is 5.82 Å². The van der Waals surface area contributed by atoms with Crippen molar-refractivity contribution in [1.29, 1.82) is 0 Å². The van der Waals surface area contributed by atoms with E-state index >= 15 is 0 Å². The molecule has 3 amide bonds. The van der Waals surface area contributed by atoms with Gasteiger partial charge in [0.1, 0.15) is 28.8 Å². The largest absolute Gasteiger partial charge is 0.508 e. The Morgan fingerprint density at radius 1 is 0.902 bits per heavy atom. The number of carbonyl (C=O) groups is 2. The summed E-state index contributed by atoms with van der Waals surface area (Å²) in [6.45, 7) is 0. The lowest BCUT2D eigenvalue weighted by molar-refractivity contribution is -0.137. The Kier molecular flexibility index (Phi) is 8.48. The second-order valence-corrected chi connectivity index (χ2v) is 8.73. The number of alkyl halides is 3. The number of amides is 3. The summed E-state index contributed by atoms with van der Waals surface area (Å²) in [6, 6.07) is 12.5. The molecule has 1 heterocycles. The lowest BCUT2D eigenvalue weighted by Gasteiger charge is -2.17. The van der Waals surface area contributed by atoms with Crippen LogP contribution in [0.5, 0.6) is 17.2 Å². The van der Waals surface area contributed by atoms with E-state index in [1.165, 1.54) is 61.8 Å². The first-order chi connectivity index (χ1) is 19.4. The number of aromatic hydroxyl groups is 1. The topological polar surface area (TPSA) is 125 Å². The summed E-state index contributed by atoms with van der Waals surface area (Å²) >= 11 is 5.63. The van der Waals surface area contributed by atoms with Crippen LogP contribution in [0.1, 0.15) is 16.1 Å². The Labute approximate surface area is 235 Å². The van der Waals surface area contributed by atoms with Crippen LogP contribution in [0.2, 0.25) is 5.02 Å². The van der Waals surface area contributed by atoms with E-state index < -0.39 is 34.5 Å². The number of carbonyl (C=O) groups excluding carboxylic acids is 2. The predicted molar refractivity (Wildman–Crippen MR) is 145 cm³/mol. The number of anilines is 4. The molecule has 0 fully saturated rings. The Balaban J connectivity index is 1.62. The molecular formula is C27H20ClF4N5O4. The second-order valence-electron chi connectivity index (χ2n) is 8.33. The van der Waals surface area contributed by atoms with E-state index in [1.807, 2.05) is 0 Å². The molecule has 3 aromatic carbocycles. The number of nitrogens with one attached hydrogen (secondary N) is 4. The smallest absolute Gasteiger partial charge is 0.417 e. The first-order valence-corrected chi connectivity index (χ1v) is 12.0. The first kappa shape index (κ1) is 29.0. The highest BCUT2D eigenvalue weighted by atomic mass is 35.5. The van der Waals surface area contributed by atoms with Crippen LogP contribution in [0.25, 0.3) is 0 Å². The van der Waals surface area contributed by atoms with Gasteiger partial charge in [0, 0.05) is 37.1 Å². The maximum atomic E-state index is 14.5. The molecule has 5 N–H and O–H groups in total. The number of pyridine rings is 1. The van der Waals surface area contributed by atoms with Gasteiger partial charge in [0.25, 0.3) is 5.91 Å². The van der Waals surface area contributed by atoms with Crippen LogP contribution < -0.4 is 26.0 Å². The first-order valence-electron chi connectivity index (χ1n) is 11.6. The van der Waals surface area contributed by atoms with E-state index in [1.54, 1.807) is 0 Å². The second kappa shape index (κ2) is 12.0. The summed E-state index contributed by atoms with van der Waals surface area (Å²) < 4.78 is 59.9. The molecular weight excluding hydrogens is 570 g/mol. The van der Waals surface area contributed by atoms with Crippen molar-refractivity contribution in [3.8, 4) is 17.2 Å². The summed E-state index contributed by atoms with van der Waals surface area (Å²) in [5.41, 5.74) is -1.06. The molecule has 0 unspecified atom stereocenters. The molecule has 0 aliphatic rings. The quantitative estimate of drug-likeness (QED) is 0.115. The standard InChI is InChI=1S/C27H20ClF4N5O4/c1-33-25(39)24-13-17(8-9-34-24)41-16-4-7-22(23(12-16)36-21-6-3-15(38)11-20(21)29)37-26(40)35-14-2-5-19(28)18(10-14)27(30,31)32/h2-13,36,38H,1H3,(H,33,39)(H2,35,37,40). The predicted octanol–water partition coefficient (Wildman–Crippen LogP) is 7.14. The lowest BCUT2D eigenvalue weighted by atomic mass is 10.2. The van der Waals surface area contributed by atoms with Gasteiger partial charge in [0.05, 0.1) is 27.6 Å². The molecule has 0 radical (unpaired) electrons. The van der Waals surface area contributed by atoms with Gasteiger partial charge in [-0.25, -0.2) is 9.18 Å². The summed E-state index contributed by atoms with van der Waals surface area (Å²) in [6.07, 6.45) is -3.37. The van der Waals surface area contributed by atoms with Crippen molar-refractivity contribution >= 4 is 46.3 Å². The third kappa shape index (κ3) is 7.33. The van der Waals surface area contributed by atoms with Crippen molar-refractivity contribution < 1.29 is 37.0 Å². The fourth-order valence-corrected chi connectivity index (χ4v) is 3.74. The Morgan fingerprint density at radius 2 is 1.63 bits per heavy atom. The number of nitrogens with zero attached hydrogens (tertiary/aromatic N) is 1. The number of ether oxygens (including phenoxy) is 1. The molecule has 4 rings (SSSR count). The summed E-state index contributed by atoms with van der Waals surface area (Å²) in [7, 11) is 1.45. The van der Waals surface area contributed by atoms with Gasteiger partial charge >= 0.3 is 12.2 Å². The summed E-state index contributed by atoms with van der Waals surface area (Å²) in [5.74, 6) is -1.10. The molecule has 14 heteroatoms. The van der Waals surface area contributed by atoms with E-state index in [9.17, 15) is 32.3 Å². The van der Waals surface area contributed by atoms with Crippen molar-refractivity contribution in [2.45, 2.75) is 6.18 Å². The van der Waals surface area contributed by atoms with Crippen molar-refractivity contribution in [3.05, 3.63) is 95.0 Å². The number of phenols is 1. The number of hydrogen-bond acceptors (Lipinski definition) is 6. The van der Waals surface area contributed by atoms with Crippen LogP contribution in [0.4, 0.5) is 45.1 Å². The maximum absolute atomic E-state index is 14.5. The van der Waals surface area contributed by atoms with Crippen LogP contribution in [0.3, 0.4) is 0 Å². The summed E-state index contributed by atoms with van der Waals surface area (Å²) in [5, 5.41) is 19.0. The number of benzene rings is 3. The minimum absolute atomic E-state index is 0.0678. The Bertz CT molecular complexity index is 1620. The Hall–Kier alpha value is -5.04. The highest BCUT2D eigenvalue weighted by molar-refractivity contribution is 6.31. The normalized spacial score (nSPS) is 11.0. The number of hydrogen-bond donors (Lipinski definition) is 5.